The van der Waals surface area contributed by atoms with E-state index >= 15 is 0 Å². The Hall–Kier alpha value is -2.84. The van der Waals surface area contributed by atoms with Gasteiger partial charge in [0.15, 0.2) is 0 Å². The number of H-pyrrole nitrogens is 1. The number of aromatic nitrogens is 2. The molecule has 2 aromatic heterocycles. The summed E-state index contributed by atoms with van der Waals surface area (Å²) < 4.78 is 40.4. The number of benzene rings is 2. The van der Waals surface area contributed by atoms with Crippen molar-refractivity contribution in [2.45, 2.75) is 19.5 Å². The van der Waals surface area contributed by atoms with Gasteiger partial charge in [0.25, 0.3) is 5.91 Å². The van der Waals surface area contributed by atoms with E-state index in [9.17, 15) is 18.0 Å². The number of nitrogens with one attached hydrogen (secondary N) is 2. The molecule has 0 radical (unpaired) electrons. The molecule has 2 aromatic carbocycles. The Morgan fingerprint density at radius 2 is 2.03 bits per heavy atom. The van der Waals surface area contributed by atoms with Crippen LogP contribution in [0.25, 0.3) is 22.4 Å². The van der Waals surface area contributed by atoms with Gasteiger partial charge in [-0.05, 0) is 53.8 Å². The number of imidazole rings is 1. The highest BCUT2D eigenvalue weighted by Crippen LogP contribution is 2.38. The predicted molar refractivity (Wildman–Crippen MR) is 113 cm³/mol. The molecular weight excluding hydrogens is 435 g/mol. The fourth-order valence-electron chi connectivity index (χ4n) is 3.20. The van der Waals surface area contributed by atoms with E-state index in [4.69, 9.17) is 11.6 Å². The molecule has 0 aliphatic rings. The quantitative estimate of drug-likeness (QED) is 0.361. The molecule has 0 saturated heterocycles. The summed E-state index contributed by atoms with van der Waals surface area (Å²) in [5, 5.41) is 5.65. The molecule has 0 bridgehead atoms. The minimum Gasteiger partial charge on any atom is -0.338 e. The van der Waals surface area contributed by atoms with Crippen LogP contribution in [0.2, 0.25) is 5.02 Å². The first kappa shape index (κ1) is 20.4. The normalized spacial score (nSPS) is 11.8. The first-order chi connectivity index (χ1) is 14.3. The highest BCUT2D eigenvalue weighted by molar-refractivity contribution is 7.14. The van der Waals surface area contributed by atoms with E-state index in [2.05, 4.69) is 15.3 Å². The Kier molecular flexibility index (Phi) is 5.29. The van der Waals surface area contributed by atoms with Crippen molar-refractivity contribution in [1.82, 2.24) is 9.97 Å². The van der Waals surface area contributed by atoms with E-state index in [1.165, 1.54) is 23.5 Å². The molecule has 30 heavy (non-hydrogen) atoms. The van der Waals surface area contributed by atoms with Crippen LogP contribution < -0.4 is 5.32 Å². The molecule has 0 spiro atoms. The maximum absolute atomic E-state index is 13.5. The Bertz CT molecular complexity index is 1250. The van der Waals surface area contributed by atoms with Crippen LogP contribution in [0.15, 0.2) is 47.8 Å². The van der Waals surface area contributed by atoms with Crippen molar-refractivity contribution in [3.63, 3.8) is 0 Å². The van der Waals surface area contributed by atoms with Crippen LogP contribution in [-0.2, 0) is 12.6 Å². The largest absolute Gasteiger partial charge is 0.417 e. The molecule has 154 valence electrons. The number of amides is 1. The smallest absolute Gasteiger partial charge is 0.338 e. The number of hydrogen-bond acceptors (Lipinski definition) is 3. The lowest BCUT2D eigenvalue weighted by atomic mass is 10.1. The second kappa shape index (κ2) is 7.77. The molecule has 0 unspecified atom stereocenters. The lowest BCUT2D eigenvalue weighted by molar-refractivity contribution is -0.137. The van der Waals surface area contributed by atoms with Crippen LogP contribution in [-0.4, -0.2) is 15.9 Å². The number of carbonyl (C=O) groups is 1. The molecule has 1 amide bonds. The maximum atomic E-state index is 13.5. The van der Waals surface area contributed by atoms with Gasteiger partial charge in [-0.1, -0.05) is 24.6 Å². The molecule has 4 aromatic rings. The number of thiophene rings is 1. The molecule has 9 heteroatoms. The standard InChI is InChI=1S/C21H15ClF3N3OS/c1-2-11-8-9-30-20(11)28-19(29)13-4-3-5-16-17(13)27-18(26-16)14-10-12(22)6-7-15(14)21(23,24)25/h3-10H,2H2,1H3,(H,26,27)(H,28,29). The third-order valence-electron chi connectivity index (χ3n) is 4.65. The predicted octanol–water partition coefficient (Wildman–Crippen LogP) is 6.78. The van der Waals surface area contributed by atoms with Crippen LogP contribution in [0, 0.1) is 0 Å². The van der Waals surface area contributed by atoms with Gasteiger partial charge in [0.05, 0.1) is 21.6 Å². The zero-order valence-electron chi connectivity index (χ0n) is 15.6. The molecule has 0 atom stereocenters. The van der Waals surface area contributed by atoms with Crippen molar-refractivity contribution in [3.8, 4) is 11.4 Å². The number of para-hydroxylation sites is 1. The molecule has 0 aliphatic heterocycles. The fourth-order valence-corrected chi connectivity index (χ4v) is 4.25. The molecule has 0 fully saturated rings. The van der Waals surface area contributed by atoms with Crippen molar-refractivity contribution in [3.05, 3.63) is 69.6 Å². The molecular formula is C21H15ClF3N3OS. The van der Waals surface area contributed by atoms with Crippen LogP contribution in [0.5, 0.6) is 0 Å². The highest BCUT2D eigenvalue weighted by Gasteiger charge is 2.34. The Labute approximate surface area is 178 Å². The van der Waals surface area contributed by atoms with Gasteiger partial charge in [-0.3, -0.25) is 4.79 Å². The van der Waals surface area contributed by atoms with Gasteiger partial charge in [-0.15, -0.1) is 11.3 Å². The summed E-state index contributed by atoms with van der Waals surface area (Å²) in [5.41, 5.74) is 0.977. The number of anilines is 1. The molecule has 2 heterocycles. The Balaban J connectivity index is 1.79. The van der Waals surface area contributed by atoms with Gasteiger partial charge in [0.1, 0.15) is 11.3 Å². The fraction of sp³-hybridized carbons (Fsp3) is 0.143. The first-order valence-electron chi connectivity index (χ1n) is 9.01. The van der Waals surface area contributed by atoms with Crippen molar-refractivity contribution in [2.24, 2.45) is 0 Å². The molecule has 4 rings (SSSR count). The van der Waals surface area contributed by atoms with E-state index in [0.29, 0.717) is 5.52 Å². The average Bonchev–Trinajstić information content (AvgIpc) is 3.32. The summed E-state index contributed by atoms with van der Waals surface area (Å²) in [4.78, 5) is 20.1. The van der Waals surface area contributed by atoms with E-state index in [1.807, 2.05) is 18.4 Å². The Morgan fingerprint density at radius 1 is 1.23 bits per heavy atom. The number of aryl methyl sites for hydroxylation is 1. The number of rotatable bonds is 4. The van der Waals surface area contributed by atoms with Crippen LogP contribution in [0.3, 0.4) is 0 Å². The van der Waals surface area contributed by atoms with Gasteiger partial charge in [0.2, 0.25) is 0 Å². The SMILES string of the molecule is CCc1ccsc1NC(=O)c1cccc2[nH]c(-c3cc(Cl)ccc3C(F)(F)F)nc12. The van der Waals surface area contributed by atoms with Crippen LogP contribution in [0.1, 0.15) is 28.4 Å². The maximum Gasteiger partial charge on any atom is 0.417 e. The van der Waals surface area contributed by atoms with Gasteiger partial charge in [0, 0.05) is 10.6 Å². The van der Waals surface area contributed by atoms with E-state index in [-0.39, 0.29) is 33.4 Å². The number of alkyl halides is 3. The summed E-state index contributed by atoms with van der Waals surface area (Å²) in [6.45, 7) is 1.99. The van der Waals surface area contributed by atoms with Crippen molar-refractivity contribution >= 4 is 44.9 Å². The summed E-state index contributed by atoms with van der Waals surface area (Å²) in [6, 6.07) is 10.1. The molecule has 0 aliphatic carbocycles. The lowest BCUT2D eigenvalue weighted by Crippen LogP contribution is -2.12. The number of aromatic amines is 1. The highest BCUT2D eigenvalue weighted by atomic mass is 35.5. The second-order valence-corrected chi connectivity index (χ2v) is 7.91. The van der Waals surface area contributed by atoms with E-state index in [1.54, 1.807) is 18.2 Å². The lowest BCUT2D eigenvalue weighted by Gasteiger charge is -2.11. The zero-order chi connectivity index (χ0) is 21.5. The van der Waals surface area contributed by atoms with Crippen LogP contribution >= 0.6 is 22.9 Å². The third kappa shape index (κ3) is 3.80. The van der Waals surface area contributed by atoms with Crippen molar-refractivity contribution in [2.75, 3.05) is 5.32 Å². The minimum atomic E-state index is -4.57. The molecule has 4 nitrogen and oxygen atoms in total. The monoisotopic (exact) mass is 449 g/mol. The summed E-state index contributed by atoms with van der Waals surface area (Å²) >= 11 is 7.34. The van der Waals surface area contributed by atoms with E-state index in [0.717, 1.165) is 23.1 Å². The average molecular weight is 450 g/mol. The van der Waals surface area contributed by atoms with Crippen LogP contribution in [0.4, 0.5) is 18.2 Å². The summed E-state index contributed by atoms with van der Waals surface area (Å²) in [6.07, 6.45) is -3.81. The number of nitrogens with zero attached hydrogens (tertiary/aromatic N) is 1. The second-order valence-electron chi connectivity index (χ2n) is 6.56. The number of halogens is 4. The Morgan fingerprint density at radius 3 is 2.77 bits per heavy atom. The zero-order valence-corrected chi connectivity index (χ0v) is 17.2. The minimum absolute atomic E-state index is 0.00885. The van der Waals surface area contributed by atoms with Gasteiger partial charge >= 0.3 is 6.18 Å². The molecule has 0 saturated carbocycles. The summed E-state index contributed by atoms with van der Waals surface area (Å²) in [7, 11) is 0. The van der Waals surface area contributed by atoms with Gasteiger partial charge in [-0.25, -0.2) is 4.98 Å². The van der Waals surface area contributed by atoms with Crippen molar-refractivity contribution in [1.29, 1.82) is 0 Å². The van der Waals surface area contributed by atoms with E-state index < -0.39 is 11.7 Å². The third-order valence-corrected chi connectivity index (χ3v) is 5.76. The number of fused-ring (bicyclic) bond motifs is 1. The summed E-state index contributed by atoms with van der Waals surface area (Å²) in [5.74, 6) is -0.386. The number of hydrogen-bond donors (Lipinski definition) is 2. The van der Waals surface area contributed by atoms with Gasteiger partial charge < -0.3 is 10.3 Å². The first-order valence-corrected chi connectivity index (χ1v) is 10.3. The number of carbonyl (C=O) groups excluding carboxylic acids is 1. The van der Waals surface area contributed by atoms with Crippen molar-refractivity contribution < 1.29 is 18.0 Å². The topological polar surface area (TPSA) is 57.8 Å². The van der Waals surface area contributed by atoms with Gasteiger partial charge in [-0.2, -0.15) is 13.2 Å². The molecule has 2 N–H and O–H groups in total.